The molecule has 0 aromatic carbocycles. The van der Waals surface area contributed by atoms with Gasteiger partial charge in [-0.3, -0.25) is 9.59 Å². The van der Waals surface area contributed by atoms with Crippen LogP contribution in [-0.4, -0.2) is 47.9 Å². The molecule has 0 aliphatic carbocycles. The number of carbonyl (C=O) groups is 1. The van der Waals surface area contributed by atoms with Gasteiger partial charge < -0.3 is 9.47 Å². The number of sulfone groups is 1. The van der Waals surface area contributed by atoms with Gasteiger partial charge in [-0.15, -0.1) is 0 Å². The maximum atomic E-state index is 12.6. The van der Waals surface area contributed by atoms with E-state index < -0.39 is 15.1 Å². The van der Waals surface area contributed by atoms with E-state index in [0.717, 1.165) is 0 Å². The maximum absolute atomic E-state index is 12.6. The summed E-state index contributed by atoms with van der Waals surface area (Å²) in [5.74, 6) is -0.185. The number of amides is 1. The maximum Gasteiger partial charge on any atom is 0.263 e. The van der Waals surface area contributed by atoms with E-state index in [-0.39, 0.29) is 35.2 Å². The van der Waals surface area contributed by atoms with Crippen molar-refractivity contribution in [2.75, 3.05) is 18.8 Å². The van der Waals surface area contributed by atoms with Crippen LogP contribution in [0.1, 0.15) is 37.0 Å². The zero-order valence-electron chi connectivity index (χ0n) is 13.9. The molecule has 23 heavy (non-hydrogen) atoms. The van der Waals surface area contributed by atoms with Gasteiger partial charge in [0.05, 0.1) is 11.0 Å². The molecular formula is C16H24N2O4S. The van der Waals surface area contributed by atoms with E-state index in [1.54, 1.807) is 19.3 Å². The molecular weight excluding hydrogens is 316 g/mol. The van der Waals surface area contributed by atoms with E-state index in [1.807, 2.05) is 13.8 Å². The first-order valence-electron chi connectivity index (χ1n) is 7.89. The summed E-state index contributed by atoms with van der Waals surface area (Å²) in [7, 11) is -1.64. The first-order chi connectivity index (χ1) is 10.7. The molecule has 2 rings (SSSR count). The third kappa shape index (κ3) is 4.02. The molecule has 1 saturated heterocycles. The molecule has 1 aromatic rings. The predicted molar refractivity (Wildman–Crippen MR) is 89.2 cm³/mol. The Balaban J connectivity index is 2.20. The lowest BCUT2D eigenvalue weighted by atomic mass is 10.1. The van der Waals surface area contributed by atoms with Crippen molar-refractivity contribution in [3.05, 3.63) is 34.2 Å². The number of piperidine rings is 1. The largest absolute Gasteiger partial charge is 0.337 e. The van der Waals surface area contributed by atoms with Crippen LogP contribution in [0.4, 0.5) is 0 Å². The number of carbonyl (C=O) groups excluding carboxylic acids is 1. The quantitative estimate of drug-likeness (QED) is 0.821. The van der Waals surface area contributed by atoms with Crippen LogP contribution in [0.5, 0.6) is 0 Å². The molecule has 1 aromatic heterocycles. The van der Waals surface area contributed by atoms with Gasteiger partial charge in [-0.25, -0.2) is 8.42 Å². The number of aromatic nitrogens is 1. The SMILES string of the molecule is CC(C)CS(=O)(=O)[C@@H]1CCCN(C(=O)c2cccn(C)c2=O)C1. The monoisotopic (exact) mass is 340 g/mol. The Morgan fingerprint density at radius 1 is 1.39 bits per heavy atom. The number of likely N-dealkylation sites (tertiary alicyclic amines) is 1. The number of rotatable bonds is 4. The molecule has 0 N–H and O–H groups in total. The molecule has 1 aliphatic heterocycles. The van der Waals surface area contributed by atoms with Gasteiger partial charge in [0.25, 0.3) is 11.5 Å². The summed E-state index contributed by atoms with van der Waals surface area (Å²) < 4.78 is 26.2. The Hall–Kier alpha value is -1.63. The second kappa shape index (κ2) is 6.86. The molecule has 7 heteroatoms. The number of aryl methyl sites for hydroxylation is 1. The van der Waals surface area contributed by atoms with Crippen LogP contribution in [0.2, 0.25) is 0 Å². The molecule has 1 fully saturated rings. The van der Waals surface area contributed by atoms with Crippen molar-refractivity contribution in [1.29, 1.82) is 0 Å². The summed E-state index contributed by atoms with van der Waals surface area (Å²) in [5.41, 5.74) is -0.262. The van der Waals surface area contributed by atoms with Gasteiger partial charge in [-0.2, -0.15) is 0 Å². The molecule has 0 radical (unpaired) electrons. The standard InChI is InChI=1S/C16H24N2O4S/c1-12(2)11-23(21,22)13-6-4-9-18(10-13)16(20)14-7-5-8-17(3)15(14)19/h5,7-8,12-13H,4,6,9-11H2,1-3H3/t13-/m1/s1. The van der Waals surface area contributed by atoms with Crippen molar-refractivity contribution < 1.29 is 13.2 Å². The average molecular weight is 340 g/mol. The Bertz CT molecular complexity index is 737. The summed E-state index contributed by atoms with van der Waals surface area (Å²) in [6.07, 6.45) is 2.80. The molecule has 128 valence electrons. The van der Waals surface area contributed by atoms with E-state index >= 15 is 0 Å². The van der Waals surface area contributed by atoms with Gasteiger partial charge in [0.2, 0.25) is 0 Å². The van der Waals surface area contributed by atoms with E-state index in [0.29, 0.717) is 19.4 Å². The minimum atomic E-state index is -3.23. The molecule has 2 heterocycles. The first kappa shape index (κ1) is 17.7. The topological polar surface area (TPSA) is 76.5 Å². The summed E-state index contributed by atoms with van der Waals surface area (Å²) in [5, 5.41) is -0.532. The summed E-state index contributed by atoms with van der Waals surface area (Å²) in [4.78, 5) is 26.2. The van der Waals surface area contributed by atoms with Gasteiger partial charge in [-0.05, 0) is 30.9 Å². The van der Waals surface area contributed by atoms with E-state index in [9.17, 15) is 18.0 Å². The van der Waals surface area contributed by atoms with Gasteiger partial charge in [-0.1, -0.05) is 13.8 Å². The molecule has 0 saturated carbocycles. The van der Waals surface area contributed by atoms with Crippen LogP contribution in [-0.2, 0) is 16.9 Å². The number of nitrogens with zero attached hydrogens (tertiary/aromatic N) is 2. The second-order valence-electron chi connectivity index (χ2n) is 6.58. The molecule has 0 bridgehead atoms. The fourth-order valence-corrected chi connectivity index (χ4v) is 5.08. The van der Waals surface area contributed by atoms with Crippen molar-refractivity contribution in [2.24, 2.45) is 13.0 Å². The summed E-state index contributed by atoms with van der Waals surface area (Å²) >= 11 is 0. The van der Waals surface area contributed by atoms with Crippen molar-refractivity contribution in [1.82, 2.24) is 9.47 Å². The van der Waals surface area contributed by atoms with E-state index in [1.165, 1.54) is 15.5 Å². The minimum Gasteiger partial charge on any atom is -0.337 e. The number of hydrogen-bond donors (Lipinski definition) is 0. The average Bonchev–Trinajstić information content (AvgIpc) is 2.48. The molecule has 1 atom stereocenters. The van der Waals surface area contributed by atoms with Crippen LogP contribution >= 0.6 is 0 Å². The molecule has 0 unspecified atom stereocenters. The third-order valence-electron chi connectivity index (χ3n) is 4.09. The predicted octanol–water partition coefficient (Wildman–Crippen LogP) is 1.06. The van der Waals surface area contributed by atoms with Gasteiger partial charge in [0.15, 0.2) is 9.84 Å². The highest BCUT2D eigenvalue weighted by molar-refractivity contribution is 7.92. The Labute approximate surface area is 137 Å². The highest BCUT2D eigenvalue weighted by Crippen LogP contribution is 2.20. The molecule has 1 amide bonds. The van der Waals surface area contributed by atoms with Crippen molar-refractivity contribution in [2.45, 2.75) is 31.9 Å². The smallest absolute Gasteiger partial charge is 0.263 e. The lowest BCUT2D eigenvalue weighted by Crippen LogP contribution is -2.47. The lowest BCUT2D eigenvalue weighted by Gasteiger charge is -2.32. The minimum absolute atomic E-state index is 0.0625. The van der Waals surface area contributed by atoms with Crippen LogP contribution in [0.25, 0.3) is 0 Å². The van der Waals surface area contributed by atoms with Gasteiger partial charge >= 0.3 is 0 Å². The van der Waals surface area contributed by atoms with Crippen LogP contribution in [0.15, 0.2) is 23.1 Å². The zero-order valence-corrected chi connectivity index (χ0v) is 14.7. The van der Waals surface area contributed by atoms with E-state index in [2.05, 4.69) is 0 Å². The van der Waals surface area contributed by atoms with Crippen molar-refractivity contribution in [3.8, 4) is 0 Å². The van der Waals surface area contributed by atoms with Crippen molar-refractivity contribution >= 4 is 15.7 Å². The van der Waals surface area contributed by atoms with Crippen LogP contribution in [0, 0.1) is 5.92 Å². The highest BCUT2D eigenvalue weighted by atomic mass is 32.2. The Morgan fingerprint density at radius 2 is 2.09 bits per heavy atom. The summed E-state index contributed by atoms with van der Waals surface area (Å²) in [6.45, 7) is 4.41. The summed E-state index contributed by atoms with van der Waals surface area (Å²) in [6, 6.07) is 3.14. The second-order valence-corrected chi connectivity index (χ2v) is 8.90. The zero-order chi connectivity index (χ0) is 17.2. The van der Waals surface area contributed by atoms with Crippen molar-refractivity contribution in [3.63, 3.8) is 0 Å². The van der Waals surface area contributed by atoms with Gasteiger partial charge in [0, 0.05) is 26.3 Å². The van der Waals surface area contributed by atoms with Gasteiger partial charge in [0.1, 0.15) is 5.56 Å². The number of hydrogen-bond acceptors (Lipinski definition) is 4. The fourth-order valence-electron chi connectivity index (χ4n) is 2.95. The van der Waals surface area contributed by atoms with E-state index in [4.69, 9.17) is 0 Å². The normalized spacial score (nSPS) is 19.1. The molecule has 0 spiro atoms. The highest BCUT2D eigenvalue weighted by Gasteiger charge is 2.33. The molecule has 6 nitrogen and oxygen atoms in total. The molecule has 1 aliphatic rings. The number of pyridine rings is 1. The third-order valence-corrected chi connectivity index (χ3v) is 6.62. The fraction of sp³-hybridized carbons (Fsp3) is 0.625. The Kier molecular flexibility index (Phi) is 5.29. The Morgan fingerprint density at radius 3 is 2.74 bits per heavy atom. The van der Waals surface area contributed by atoms with Crippen LogP contribution in [0.3, 0.4) is 0 Å². The lowest BCUT2D eigenvalue weighted by molar-refractivity contribution is 0.0724. The first-order valence-corrected chi connectivity index (χ1v) is 9.60. The van der Waals surface area contributed by atoms with Crippen LogP contribution < -0.4 is 5.56 Å².